The summed E-state index contributed by atoms with van der Waals surface area (Å²) in [6.45, 7) is 5.34. The number of nitrogens with two attached hydrogens (primary N) is 1. The second kappa shape index (κ2) is 9.18. The van der Waals surface area contributed by atoms with Gasteiger partial charge >= 0.3 is 11.9 Å². The van der Waals surface area contributed by atoms with Gasteiger partial charge < -0.3 is 24.9 Å². The summed E-state index contributed by atoms with van der Waals surface area (Å²) in [6, 6.07) is 6.48. The average Bonchev–Trinajstić information content (AvgIpc) is 3.22. The number of fused-ring (bicyclic) bond motifs is 3. The molecule has 0 spiro atoms. The summed E-state index contributed by atoms with van der Waals surface area (Å²) >= 11 is 0. The monoisotopic (exact) mass is 459 g/mol. The Morgan fingerprint density at radius 3 is 2.59 bits per heavy atom. The summed E-state index contributed by atoms with van der Waals surface area (Å²) in [6.07, 6.45) is 4.69. The van der Waals surface area contributed by atoms with Gasteiger partial charge in [0.25, 0.3) is 0 Å². The van der Waals surface area contributed by atoms with Gasteiger partial charge in [0.1, 0.15) is 17.4 Å². The van der Waals surface area contributed by atoms with Crippen LogP contribution < -0.4 is 19.9 Å². The van der Waals surface area contributed by atoms with Crippen molar-refractivity contribution in [2.24, 2.45) is 5.73 Å². The Morgan fingerprint density at radius 2 is 1.94 bits per heavy atom. The third-order valence-corrected chi connectivity index (χ3v) is 5.27. The molecule has 2 heterocycles. The molecule has 4 rings (SSSR count). The highest BCUT2D eigenvalue weighted by atomic mass is 35.5. The Bertz CT molecular complexity index is 1140. The van der Waals surface area contributed by atoms with Crippen molar-refractivity contribution in [3.8, 4) is 17.2 Å². The maximum atomic E-state index is 12.8. The fourth-order valence-electron chi connectivity index (χ4n) is 3.75. The van der Waals surface area contributed by atoms with Gasteiger partial charge in [-0.15, -0.1) is 12.4 Å². The van der Waals surface area contributed by atoms with Crippen LogP contribution in [0.2, 0.25) is 0 Å². The highest BCUT2D eigenvalue weighted by molar-refractivity contribution is 6.00. The summed E-state index contributed by atoms with van der Waals surface area (Å²) in [7, 11) is 0. The fraction of sp³-hybridized carbons (Fsp3) is 0.348. The molecule has 1 aliphatic heterocycles. The number of aromatic nitrogens is 2. The largest absolute Gasteiger partial charge is 0.487 e. The van der Waals surface area contributed by atoms with Crippen molar-refractivity contribution in [1.82, 2.24) is 9.97 Å². The average molecular weight is 460 g/mol. The van der Waals surface area contributed by atoms with E-state index < -0.39 is 18.0 Å². The topological polar surface area (TPSA) is 117 Å². The van der Waals surface area contributed by atoms with Crippen molar-refractivity contribution in [3.05, 3.63) is 48.0 Å². The van der Waals surface area contributed by atoms with Gasteiger partial charge in [-0.3, -0.25) is 4.79 Å². The van der Waals surface area contributed by atoms with Gasteiger partial charge in [0.15, 0.2) is 11.5 Å². The van der Waals surface area contributed by atoms with Crippen LogP contribution in [0.1, 0.15) is 38.4 Å². The van der Waals surface area contributed by atoms with Crippen LogP contribution in [0.5, 0.6) is 17.2 Å². The summed E-state index contributed by atoms with van der Waals surface area (Å²) in [5, 5.41) is 1.39. The molecule has 0 bridgehead atoms. The molecule has 0 saturated carbocycles. The molecule has 1 atom stereocenters. The fourth-order valence-corrected chi connectivity index (χ4v) is 3.75. The minimum atomic E-state index is -0.921. The molecule has 8 nitrogen and oxygen atoms in total. The van der Waals surface area contributed by atoms with Gasteiger partial charge in [-0.05, 0) is 26.7 Å². The summed E-state index contributed by atoms with van der Waals surface area (Å²) < 4.78 is 17.6. The van der Waals surface area contributed by atoms with E-state index in [1.807, 2.05) is 32.0 Å². The van der Waals surface area contributed by atoms with Crippen molar-refractivity contribution in [3.63, 3.8) is 0 Å². The zero-order valence-corrected chi connectivity index (χ0v) is 19.0. The lowest BCUT2D eigenvalue weighted by Gasteiger charge is -2.34. The lowest BCUT2D eigenvalue weighted by molar-refractivity contribution is -0.137. The number of esters is 2. The van der Waals surface area contributed by atoms with Crippen molar-refractivity contribution in [1.29, 1.82) is 0 Å². The zero-order valence-electron chi connectivity index (χ0n) is 18.1. The van der Waals surface area contributed by atoms with Crippen LogP contribution in [0.15, 0.2) is 36.8 Å². The highest BCUT2D eigenvalue weighted by Crippen LogP contribution is 2.50. The first-order valence-electron chi connectivity index (χ1n) is 10.1. The number of nitrogens with zero attached hydrogens (tertiary/aromatic N) is 1. The minimum Gasteiger partial charge on any atom is -0.487 e. The molecule has 9 heteroatoms. The van der Waals surface area contributed by atoms with Crippen LogP contribution in [0, 0.1) is 0 Å². The van der Waals surface area contributed by atoms with E-state index in [1.54, 1.807) is 12.3 Å². The standard InChI is InChI=1S/C23H25N3O5.ClH/c1-13(27)29-21-17-8-9-23(2,3)31-19(17)15-6-4-5-7-16(15)20(21)30-22(28)18(24)10-14-11-25-12-26-14;/h4-7,11-12,18H,8-10,24H2,1-3H3,(H,25,26);1H/t18-;/m0./s1. The summed E-state index contributed by atoms with van der Waals surface area (Å²) in [5.41, 5.74) is 7.13. The normalized spacial score (nSPS) is 15.1. The van der Waals surface area contributed by atoms with E-state index in [0.717, 1.165) is 17.5 Å². The second-order valence-electron chi connectivity index (χ2n) is 8.28. The van der Waals surface area contributed by atoms with E-state index in [0.29, 0.717) is 23.1 Å². The van der Waals surface area contributed by atoms with Crippen LogP contribution in [0.25, 0.3) is 10.8 Å². The van der Waals surface area contributed by atoms with Crippen LogP contribution in [-0.4, -0.2) is 33.5 Å². The second-order valence-corrected chi connectivity index (χ2v) is 8.28. The van der Waals surface area contributed by atoms with Gasteiger partial charge in [-0.25, -0.2) is 9.78 Å². The number of ether oxygens (including phenoxy) is 3. The first-order valence-corrected chi connectivity index (χ1v) is 10.1. The molecule has 1 aliphatic rings. The van der Waals surface area contributed by atoms with Crippen LogP contribution in [0.4, 0.5) is 0 Å². The molecule has 170 valence electrons. The number of benzene rings is 2. The highest BCUT2D eigenvalue weighted by Gasteiger charge is 2.34. The Balaban J connectivity index is 0.00000289. The quantitative estimate of drug-likeness (QED) is 0.443. The van der Waals surface area contributed by atoms with Gasteiger partial charge in [0, 0.05) is 41.6 Å². The Labute approximate surface area is 191 Å². The third-order valence-electron chi connectivity index (χ3n) is 5.27. The first-order chi connectivity index (χ1) is 14.7. The number of rotatable bonds is 5. The van der Waals surface area contributed by atoms with E-state index in [2.05, 4.69) is 9.97 Å². The Kier molecular flexibility index (Phi) is 6.76. The summed E-state index contributed by atoms with van der Waals surface area (Å²) in [4.78, 5) is 31.6. The molecular weight excluding hydrogens is 434 g/mol. The van der Waals surface area contributed by atoms with E-state index in [1.165, 1.54) is 13.3 Å². The van der Waals surface area contributed by atoms with Crippen molar-refractivity contribution in [2.45, 2.75) is 51.7 Å². The smallest absolute Gasteiger partial charge is 0.328 e. The van der Waals surface area contributed by atoms with Crippen LogP contribution >= 0.6 is 12.4 Å². The number of hydrogen-bond acceptors (Lipinski definition) is 7. The van der Waals surface area contributed by atoms with Gasteiger partial charge in [-0.1, -0.05) is 24.3 Å². The summed E-state index contributed by atoms with van der Waals surface area (Å²) in [5.74, 6) is -0.118. The molecule has 0 fully saturated rings. The predicted molar refractivity (Wildman–Crippen MR) is 121 cm³/mol. The van der Waals surface area contributed by atoms with Crippen LogP contribution in [0.3, 0.4) is 0 Å². The molecule has 0 saturated heterocycles. The number of aromatic amines is 1. The first kappa shape index (κ1) is 23.6. The molecule has 0 radical (unpaired) electrons. The lowest BCUT2D eigenvalue weighted by atomic mass is 9.91. The van der Waals surface area contributed by atoms with E-state index in [4.69, 9.17) is 19.9 Å². The molecule has 3 N–H and O–H groups in total. The molecule has 0 aliphatic carbocycles. The Morgan fingerprint density at radius 1 is 1.22 bits per heavy atom. The number of nitrogens with one attached hydrogen (secondary N) is 1. The molecule has 0 amide bonds. The number of carbonyl (C=O) groups is 2. The molecule has 1 aromatic heterocycles. The number of carbonyl (C=O) groups excluding carboxylic acids is 2. The van der Waals surface area contributed by atoms with Crippen molar-refractivity contribution < 1.29 is 23.8 Å². The van der Waals surface area contributed by atoms with Gasteiger partial charge in [0.05, 0.1) is 6.33 Å². The molecular formula is C23H26ClN3O5. The van der Waals surface area contributed by atoms with Gasteiger partial charge in [0.2, 0.25) is 0 Å². The Hall–Kier alpha value is -3.10. The van der Waals surface area contributed by atoms with E-state index >= 15 is 0 Å². The molecule has 3 aromatic rings. The van der Waals surface area contributed by atoms with Gasteiger partial charge in [-0.2, -0.15) is 0 Å². The number of hydrogen-bond donors (Lipinski definition) is 2. The SMILES string of the molecule is CC(=O)Oc1c2c(c3ccccc3c1OC(=O)[C@@H](N)Cc1cnc[nH]1)OC(C)(C)CC2.Cl. The maximum absolute atomic E-state index is 12.8. The minimum absolute atomic E-state index is 0. The van der Waals surface area contributed by atoms with Crippen LogP contribution in [-0.2, 0) is 22.4 Å². The maximum Gasteiger partial charge on any atom is 0.328 e. The van der Waals surface area contributed by atoms with E-state index in [-0.39, 0.29) is 35.9 Å². The van der Waals surface area contributed by atoms with E-state index in [9.17, 15) is 9.59 Å². The number of imidazole rings is 1. The molecule has 2 aromatic carbocycles. The van der Waals surface area contributed by atoms with Crippen molar-refractivity contribution in [2.75, 3.05) is 0 Å². The number of H-pyrrole nitrogens is 1. The zero-order chi connectivity index (χ0) is 22.2. The third kappa shape index (κ3) is 4.71. The molecule has 32 heavy (non-hydrogen) atoms. The number of halogens is 1. The van der Waals surface area contributed by atoms with Crippen molar-refractivity contribution >= 4 is 35.1 Å². The molecule has 0 unspecified atom stereocenters. The lowest BCUT2D eigenvalue weighted by Crippen LogP contribution is -2.36. The predicted octanol–water partition coefficient (Wildman–Crippen LogP) is 3.49.